The van der Waals surface area contributed by atoms with Gasteiger partial charge in [-0.25, -0.2) is 0 Å². The molecule has 0 saturated carbocycles. The highest BCUT2D eigenvalue weighted by molar-refractivity contribution is 5.95. The standard InChI is InChI=1S/C13H16N2O3/c1-2-5-10(14)13(18)15-11-7-4-3-6-9(11)8-12(16)17/h2-4,6-7,10H,1,5,8,14H2,(H,15,18)(H,16,17). The van der Waals surface area contributed by atoms with E-state index in [2.05, 4.69) is 11.9 Å². The van der Waals surface area contributed by atoms with E-state index in [0.717, 1.165) is 0 Å². The van der Waals surface area contributed by atoms with Crippen molar-refractivity contribution in [1.29, 1.82) is 0 Å². The van der Waals surface area contributed by atoms with Gasteiger partial charge in [0.05, 0.1) is 12.5 Å². The Morgan fingerprint density at radius 3 is 2.72 bits per heavy atom. The second-order valence-electron chi connectivity index (χ2n) is 3.85. The molecular weight excluding hydrogens is 232 g/mol. The van der Waals surface area contributed by atoms with Crippen LogP contribution in [0.15, 0.2) is 36.9 Å². The Morgan fingerprint density at radius 2 is 2.11 bits per heavy atom. The number of nitrogens with one attached hydrogen (secondary N) is 1. The molecule has 1 aromatic carbocycles. The van der Waals surface area contributed by atoms with Gasteiger partial charge in [0.25, 0.3) is 0 Å². The monoisotopic (exact) mass is 248 g/mol. The lowest BCUT2D eigenvalue weighted by Gasteiger charge is -2.13. The van der Waals surface area contributed by atoms with E-state index in [9.17, 15) is 9.59 Å². The number of carboxylic acids is 1. The number of carbonyl (C=O) groups excluding carboxylic acids is 1. The third-order valence-corrected chi connectivity index (χ3v) is 2.37. The van der Waals surface area contributed by atoms with Crippen molar-refractivity contribution in [2.24, 2.45) is 5.73 Å². The van der Waals surface area contributed by atoms with E-state index in [1.165, 1.54) is 0 Å². The second-order valence-corrected chi connectivity index (χ2v) is 3.85. The number of amides is 1. The summed E-state index contributed by atoms with van der Waals surface area (Å²) in [5.41, 5.74) is 6.65. The summed E-state index contributed by atoms with van der Waals surface area (Å²) in [5, 5.41) is 11.4. The number of aliphatic carboxylic acids is 1. The summed E-state index contributed by atoms with van der Waals surface area (Å²) in [6, 6.07) is 6.07. The first-order valence-corrected chi connectivity index (χ1v) is 5.51. The summed E-state index contributed by atoms with van der Waals surface area (Å²) in [6.45, 7) is 3.51. The van der Waals surface area contributed by atoms with E-state index in [4.69, 9.17) is 10.8 Å². The van der Waals surface area contributed by atoms with Crippen LogP contribution >= 0.6 is 0 Å². The molecule has 1 atom stereocenters. The quantitative estimate of drug-likeness (QED) is 0.658. The molecule has 0 fully saturated rings. The SMILES string of the molecule is C=CCC(N)C(=O)Nc1ccccc1CC(=O)O. The molecule has 18 heavy (non-hydrogen) atoms. The molecule has 0 aliphatic heterocycles. The molecule has 0 spiro atoms. The van der Waals surface area contributed by atoms with Gasteiger partial charge < -0.3 is 16.2 Å². The zero-order chi connectivity index (χ0) is 13.5. The van der Waals surface area contributed by atoms with Crippen LogP contribution in [0.1, 0.15) is 12.0 Å². The van der Waals surface area contributed by atoms with Gasteiger partial charge in [-0.05, 0) is 18.1 Å². The van der Waals surface area contributed by atoms with Gasteiger partial charge in [0, 0.05) is 5.69 Å². The van der Waals surface area contributed by atoms with Gasteiger partial charge in [0.1, 0.15) is 0 Å². The van der Waals surface area contributed by atoms with Gasteiger partial charge in [-0.2, -0.15) is 0 Å². The number of para-hydroxylation sites is 1. The van der Waals surface area contributed by atoms with Crippen LogP contribution in [0.4, 0.5) is 5.69 Å². The zero-order valence-electron chi connectivity index (χ0n) is 9.93. The first kappa shape index (κ1) is 13.9. The first-order valence-electron chi connectivity index (χ1n) is 5.51. The van der Waals surface area contributed by atoms with Crippen LogP contribution in [-0.4, -0.2) is 23.0 Å². The first-order chi connectivity index (χ1) is 8.54. The third kappa shape index (κ3) is 4.03. The molecule has 1 amide bonds. The van der Waals surface area contributed by atoms with Crippen LogP contribution in [0.2, 0.25) is 0 Å². The Morgan fingerprint density at radius 1 is 1.44 bits per heavy atom. The van der Waals surface area contributed by atoms with Crippen LogP contribution in [-0.2, 0) is 16.0 Å². The molecule has 5 heteroatoms. The number of anilines is 1. The normalized spacial score (nSPS) is 11.6. The number of carbonyl (C=O) groups is 2. The Balaban J connectivity index is 2.80. The van der Waals surface area contributed by atoms with Gasteiger partial charge in [-0.15, -0.1) is 6.58 Å². The molecule has 0 aliphatic rings. The molecule has 1 rings (SSSR count). The summed E-state index contributed by atoms with van der Waals surface area (Å²) in [7, 11) is 0. The molecule has 0 bridgehead atoms. The Hall–Kier alpha value is -2.14. The van der Waals surface area contributed by atoms with Crippen molar-refractivity contribution < 1.29 is 14.7 Å². The van der Waals surface area contributed by atoms with Gasteiger partial charge in [0.15, 0.2) is 0 Å². The van der Waals surface area contributed by atoms with E-state index in [-0.39, 0.29) is 12.3 Å². The number of nitrogens with two attached hydrogens (primary N) is 1. The fourth-order valence-electron chi connectivity index (χ4n) is 1.47. The highest BCUT2D eigenvalue weighted by Gasteiger charge is 2.14. The molecule has 0 saturated heterocycles. The summed E-state index contributed by atoms with van der Waals surface area (Å²) in [6.07, 6.45) is 1.79. The predicted molar refractivity (Wildman–Crippen MR) is 69.2 cm³/mol. The van der Waals surface area contributed by atoms with Crippen molar-refractivity contribution in [2.45, 2.75) is 18.9 Å². The molecule has 1 aromatic rings. The van der Waals surface area contributed by atoms with Crippen molar-refractivity contribution in [3.8, 4) is 0 Å². The van der Waals surface area contributed by atoms with Crippen molar-refractivity contribution in [1.82, 2.24) is 0 Å². The van der Waals surface area contributed by atoms with Crippen LogP contribution in [0.3, 0.4) is 0 Å². The Kier molecular flexibility index (Phi) is 5.07. The Bertz CT molecular complexity index is 457. The lowest BCUT2D eigenvalue weighted by atomic mass is 10.1. The molecule has 5 nitrogen and oxygen atoms in total. The van der Waals surface area contributed by atoms with E-state index < -0.39 is 12.0 Å². The van der Waals surface area contributed by atoms with E-state index >= 15 is 0 Å². The summed E-state index contributed by atoms with van der Waals surface area (Å²) < 4.78 is 0. The number of carboxylic acid groups (broad SMARTS) is 1. The fourth-order valence-corrected chi connectivity index (χ4v) is 1.47. The maximum atomic E-state index is 11.7. The average Bonchev–Trinajstić information content (AvgIpc) is 2.31. The van der Waals surface area contributed by atoms with Gasteiger partial charge >= 0.3 is 5.97 Å². The Labute approximate surface area is 105 Å². The maximum Gasteiger partial charge on any atom is 0.307 e. The molecule has 4 N–H and O–H groups in total. The molecule has 96 valence electrons. The highest BCUT2D eigenvalue weighted by atomic mass is 16.4. The lowest BCUT2D eigenvalue weighted by Crippen LogP contribution is -2.35. The summed E-state index contributed by atoms with van der Waals surface area (Å²) >= 11 is 0. The van der Waals surface area contributed by atoms with Crippen LogP contribution in [0.5, 0.6) is 0 Å². The van der Waals surface area contributed by atoms with Gasteiger partial charge in [0.2, 0.25) is 5.91 Å². The fraction of sp³-hybridized carbons (Fsp3) is 0.231. The highest BCUT2D eigenvalue weighted by Crippen LogP contribution is 2.16. The minimum absolute atomic E-state index is 0.146. The van der Waals surface area contributed by atoms with Crippen molar-refractivity contribution in [2.75, 3.05) is 5.32 Å². The van der Waals surface area contributed by atoms with Gasteiger partial charge in [-0.1, -0.05) is 24.3 Å². The molecule has 0 aliphatic carbocycles. The predicted octanol–water partition coefficient (Wildman–Crippen LogP) is 1.16. The number of rotatable bonds is 6. The minimum atomic E-state index is -0.952. The van der Waals surface area contributed by atoms with Crippen molar-refractivity contribution in [3.63, 3.8) is 0 Å². The van der Waals surface area contributed by atoms with Crippen molar-refractivity contribution in [3.05, 3.63) is 42.5 Å². The summed E-state index contributed by atoms with van der Waals surface area (Å²) in [4.78, 5) is 22.4. The molecule has 0 aromatic heterocycles. The van der Waals surface area contributed by atoms with E-state index in [0.29, 0.717) is 17.7 Å². The molecule has 1 unspecified atom stereocenters. The molecule has 0 heterocycles. The largest absolute Gasteiger partial charge is 0.481 e. The second kappa shape index (κ2) is 6.56. The lowest BCUT2D eigenvalue weighted by molar-refractivity contribution is -0.136. The van der Waals surface area contributed by atoms with E-state index in [1.54, 1.807) is 30.3 Å². The van der Waals surface area contributed by atoms with Gasteiger partial charge in [-0.3, -0.25) is 9.59 Å². The van der Waals surface area contributed by atoms with Crippen LogP contribution in [0, 0.1) is 0 Å². The van der Waals surface area contributed by atoms with Crippen molar-refractivity contribution >= 4 is 17.6 Å². The number of hydrogen-bond acceptors (Lipinski definition) is 3. The van der Waals surface area contributed by atoms with Crippen LogP contribution < -0.4 is 11.1 Å². The van der Waals surface area contributed by atoms with Crippen LogP contribution in [0.25, 0.3) is 0 Å². The zero-order valence-corrected chi connectivity index (χ0v) is 9.93. The summed E-state index contributed by atoms with van der Waals surface area (Å²) in [5.74, 6) is -1.31. The van der Waals surface area contributed by atoms with E-state index in [1.807, 2.05) is 0 Å². The topological polar surface area (TPSA) is 92.4 Å². The smallest absolute Gasteiger partial charge is 0.307 e. The minimum Gasteiger partial charge on any atom is -0.481 e. The third-order valence-electron chi connectivity index (χ3n) is 2.37. The number of benzene rings is 1. The average molecular weight is 248 g/mol. The number of hydrogen-bond donors (Lipinski definition) is 3. The maximum absolute atomic E-state index is 11.7. The molecule has 0 radical (unpaired) electrons. The molecular formula is C13H16N2O3.